The van der Waals surface area contributed by atoms with Crippen molar-refractivity contribution in [2.45, 2.75) is 69.7 Å². The van der Waals surface area contributed by atoms with Gasteiger partial charge in [0, 0.05) is 13.2 Å². The Morgan fingerprint density at radius 2 is 2.23 bits per heavy atom. The minimum atomic E-state index is -0.244. The van der Waals surface area contributed by atoms with E-state index < -0.39 is 0 Å². The molecule has 3 aliphatic rings. The fraction of sp³-hybridized carbons (Fsp3) is 0.682. The molecule has 1 aromatic carbocycles. The Balaban J connectivity index is 1.36. The number of aryl methyl sites for hydroxylation is 1. The number of fused-ring (bicyclic) bond motifs is 1. The second-order valence-electron chi connectivity index (χ2n) is 8.40. The molecule has 0 unspecified atom stereocenters. The molecule has 1 aliphatic heterocycles. The maximum absolute atomic E-state index is 11.4. The summed E-state index contributed by atoms with van der Waals surface area (Å²) in [6.45, 7) is 4.34. The van der Waals surface area contributed by atoms with E-state index >= 15 is 0 Å². The Morgan fingerprint density at radius 1 is 1.31 bits per heavy atom. The molecule has 142 valence electrons. The van der Waals surface area contributed by atoms with Crippen molar-refractivity contribution < 1.29 is 14.3 Å². The van der Waals surface area contributed by atoms with Gasteiger partial charge in [-0.15, -0.1) is 0 Å². The van der Waals surface area contributed by atoms with E-state index in [1.54, 1.807) is 11.1 Å². The van der Waals surface area contributed by atoms with Crippen molar-refractivity contribution in [1.29, 1.82) is 0 Å². The van der Waals surface area contributed by atoms with E-state index in [4.69, 9.17) is 9.47 Å². The number of benzene rings is 1. The van der Waals surface area contributed by atoms with Gasteiger partial charge in [0.25, 0.3) is 0 Å². The van der Waals surface area contributed by atoms with Gasteiger partial charge in [-0.25, -0.2) is 4.79 Å². The second kappa shape index (κ2) is 7.59. The molecule has 3 atom stereocenters. The first-order valence-electron chi connectivity index (χ1n) is 10.3. The number of rotatable bonds is 6. The predicted octanol–water partition coefficient (Wildman–Crippen LogP) is 4.35. The molecule has 0 radical (unpaired) electrons. The molecular formula is C22H31NO3. The second-order valence-corrected chi connectivity index (χ2v) is 8.40. The molecule has 1 heterocycles. The zero-order valence-electron chi connectivity index (χ0n) is 15.9. The quantitative estimate of drug-likeness (QED) is 0.770. The highest BCUT2D eigenvalue weighted by Crippen LogP contribution is 2.43. The molecule has 26 heavy (non-hydrogen) atoms. The number of amides is 1. The molecule has 0 aromatic heterocycles. The molecule has 4 heteroatoms. The Labute approximate surface area is 156 Å². The topological polar surface area (TPSA) is 47.6 Å². The summed E-state index contributed by atoms with van der Waals surface area (Å²) < 4.78 is 10.6. The van der Waals surface area contributed by atoms with Gasteiger partial charge in [-0.1, -0.05) is 18.2 Å². The van der Waals surface area contributed by atoms with Crippen LogP contribution in [0.3, 0.4) is 0 Å². The van der Waals surface area contributed by atoms with E-state index in [0.29, 0.717) is 12.5 Å². The van der Waals surface area contributed by atoms with Crippen LogP contribution < -0.4 is 5.32 Å². The van der Waals surface area contributed by atoms with Crippen LogP contribution in [0.5, 0.6) is 0 Å². The van der Waals surface area contributed by atoms with Crippen molar-refractivity contribution in [1.82, 2.24) is 5.32 Å². The number of hydrogen-bond donors (Lipinski definition) is 1. The van der Waals surface area contributed by atoms with E-state index in [1.807, 2.05) is 0 Å². The summed E-state index contributed by atoms with van der Waals surface area (Å²) >= 11 is 0. The molecule has 1 N–H and O–H groups in total. The Kier molecular flexibility index (Phi) is 5.21. The Bertz CT molecular complexity index is 659. The van der Waals surface area contributed by atoms with Crippen molar-refractivity contribution >= 4 is 6.09 Å². The van der Waals surface area contributed by atoms with Crippen LogP contribution >= 0.6 is 0 Å². The van der Waals surface area contributed by atoms with E-state index in [0.717, 1.165) is 38.4 Å². The van der Waals surface area contributed by atoms with Crippen LogP contribution in [0.25, 0.3) is 0 Å². The number of carbonyl (C=O) groups is 1. The number of ether oxygens (including phenoxy) is 2. The first-order chi connectivity index (χ1) is 12.7. The maximum Gasteiger partial charge on any atom is 0.407 e. The maximum atomic E-state index is 11.4. The molecular weight excluding hydrogens is 326 g/mol. The highest BCUT2D eigenvalue weighted by molar-refractivity contribution is 5.70. The largest absolute Gasteiger partial charge is 0.447 e. The number of hydrogen-bond acceptors (Lipinski definition) is 3. The van der Waals surface area contributed by atoms with Gasteiger partial charge in [0.1, 0.15) is 6.61 Å². The van der Waals surface area contributed by atoms with Gasteiger partial charge < -0.3 is 14.8 Å². The van der Waals surface area contributed by atoms with Crippen LogP contribution in [0.2, 0.25) is 0 Å². The molecule has 4 nitrogen and oxygen atoms in total. The lowest BCUT2D eigenvalue weighted by Gasteiger charge is -2.26. The third-order valence-electron chi connectivity index (χ3n) is 6.59. The molecule has 2 aliphatic carbocycles. The third kappa shape index (κ3) is 3.75. The molecule has 0 bridgehead atoms. The lowest BCUT2D eigenvalue weighted by molar-refractivity contribution is 0.138. The summed E-state index contributed by atoms with van der Waals surface area (Å²) in [6.07, 6.45) is 9.14. The fourth-order valence-corrected chi connectivity index (χ4v) is 5.12. The van der Waals surface area contributed by atoms with Crippen LogP contribution in [0.4, 0.5) is 4.79 Å². The summed E-state index contributed by atoms with van der Waals surface area (Å²) in [5.41, 5.74) is 4.45. The van der Waals surface area contributed by atoms with Gasteiger partial charge in [0.15, 0.2) is 0 Å². The Hall–Kier alpha value is -1.55. The summed E-state index contributed by atoms with van der Waals surface area (Å²) in [6, 6.07) is 7.16. The monoisotopic (exact) mass is 357 g/mol. The SMILES string of the molecule is CCOCCC[C@@H]1CCc2cc([C@H]3CC[C@]4(COC(=O)N4)C3)ccc2C1. The fourth-order valence-electron chi connectivity index (χ4n) is 5.12. The number of carbonyl (C=O) groups excluding carboxylic acids is 1. The average molecular weight is 357 g/mol. The van der Waals surface area contributed by atoms with Crippen LogP contribution in [0.1, 0.15) is 68.1 Å². The van der Waals surface area contributed by atoms with Crippen molar-refractivity contribution in [2.24, 2.45) is 5.92 Å². The lowest BCUT2D eigenvalue weighted by atomic mass is 9.80. The molecule has 1 aromatic rings. The standard InChI is InChI=1S/C22H31NO3/c1-2-25-11-3-4-16-5-6-18-13-19(8-7-17(18)12-16)20-9-10-22(14-20)15-26-21(24)23-22/h7-8,13,16,20H,2-6,9-12,14-15H2,1H3,(H,23,24)/t16-,20+,22-/m1/s1. The molecule has 1 saturated heterocycles. The van der Waals surface area contributed by atoms with Gasteiger partial charge >= 0.3 is 6.09 Å². The number of alkyl carbamates (subject to hydrolysis) is 1. The first-order valence-corrected chi connectivity index (χ1v) is 10.3. The molecule has 1 saturated carbocycles. The molecule has 2 fully saturated rings. The van der Waals surface area contributed by atoms with Crippen LogP contribution in [0.15, 0.2) is 18.2 Å². The Morgan fingerprint density at radius 3 is 3.04 bits per heavy atom. The number of cyclic esters (lactones) is 1. The van der Waals surface area contributed by atoms with Gasteiger partial charge in [0.2, 0.25) is 0 Å². The van der Waals surface area contributed by atoms with Crippen molar-refractivity contribution in [2.75, 3.05) is 19.8 Å². The van der Waals surface area contributed by atoms with Crippen molar-refractivity contribution in [3.8, 4) is 0 Å². The highest BCUT2D eigenvalue weighted by Gasteiger charge is 2.46. The first kappa shape index (κ1) is 17.8. The molecule has 4 rings (SSSR count). The van der Waals surface area contributed by atoms with Gasteiger partial charge in [0.05, 0.1) is 5.54 Å². The van der Waals surface area contributed by atoms with Crippen molar-refractivity contribution in [3.63, 3.8) is 0 Å². The average Bonchev–Trinajstić information content (AvgIpc) is 3.24. The lowest BCUT2D eigenvalue weighted by Crippen LogP contribution is -2.40. The van der Waals surface area contributed by atoms with Crippen molar-refractivity contribution in [3.05, 3.63) is 34.9 Å². The van der Waals surface area contributed by atoms with E-state index in [2.05, 4.69) is 30.4 Å². The van der Waals surface area contributed by atoms with Crippen LogP contribution in [-0.2, 0) is 22.3 Å². The smallest absolute Gasteiger partial charge is 0.407 e. The normalized spacial score (nSPS) is 30.3. The molecule has 1 amide bonds. The van der Waals surface area contributed by atoms with E-state index in [1.165, 1.54) is 37.7 Å². The van der Waals surface area contributed by atoms with Gasteiger partial charge in [-0.3, -0.25) is 0 Å². The highest BCUT2D eigenvalue weighted by atomic mass is 16.6. The van der Waals surface area contributed by atoms with E-state index in [9.17, 15) is 4.79 Å². The number of nitrogens with one attached hydrogen (secondary N) is 1. The minimum Gasteiger partial charge on any atom is -0.447 e. The zero-order chi connectivity index (χ0) is 18.0. The summed E-state index contributed by atoms with van der Waals surface area (Å²) in [5, 5.41) is 3.05. The summed E-state index contributed by atoms with van der Waals surface area (Å²) in [4.78, 5) is 11.4. The van der Waals surface area contributed by atoms with Gasteiger partial charge in [-0.05, 0) is 86.8 Å². The third-order valence-corrected chi connectivity index (χ3v) is 6.59. The van der Waals surface area contributed by atoms with Crippen LogP contribution in [-0.4, -0.2) is 31.5 Å². The summed E-state index contributed by atoms with van der Waals surface area (Å²) in [7, 11) is 0. The zero-order valence-corrected chi connectivity index (χ0v) is 15.9. The molecule has 1 spiro atoms. The van der Waals surface area contributed by atoms with E-state index in [-0.39, 0.29) is 11.6 Å². The summed E-state index contributed by atoms with van der Waals surface area (Å²) in [5.74, 6) is 1.36. The van der Waals surface area contributed by atoms with Gasteiger partial charge in [-0.2, -0.15) is 0 Å². The minimum absolute atomic E-state index is 0.108. The predicted molar refractivity (Wildman–Crippen MR) is 101 cm³/mol. The van der Waals surface area contributed by atoms with Crippen LogP contribution in [0, 0.1) is 5.92 Å².